The molecule has 1 N–H and O–H groups in total. The highest BCUT2D eigenvalue weighted by Gasteiger charge is 2.35. The molecular weight excluding hydrogens is 393 g/mol. The second-order valence-corrected chi connectivity index (χ2v) is 9.52. The van der Waals surface area contributed by atoms with Crippen LogP contribution in [0.3, 0.4) is 0 Å². The Morgan fingerprint density at radius 1 is 1.07 bits per heavy atom. The van der Waals surface area contributed by atoms with E-state index in [1.807, 2.05) is 16.8 Å². The first-order valence-corrected chi connectivity index (χ1v) is 11.2. The Morgan fingerprint density at radius 3 is 2.57 bits per heavy atom. The van der Waals surface area contributed by atoms with E-state index in [9.17, 15) is 4.79 Å². The standard InChI is InChI=1S/C22H25Cl2N3O/c23-15-7-8-20(18(24)12-15)27-19-4-2-1-3-17(19)21(26-27)22(28)25-16-10-13-5-6-14(9-13)11-16/h7-8,12-14,16H,1-6,9-11H2,(H,25,28). The molecule has 0 aliphatic heterocycles. The number of nitrogens with one attached hydrogen (secondary N) is 1. The first-order chi connectivity index (χ1) is 13.6. The summed E-state index contributed by atoms with van der Waals surface area (Å²) < 4.78 is 1.87. The van der Waals surface area contributed by atoms with Crippen molar-refractivity contribution in [3.63, 3.8) is 0 Å². The molecule has 2 bridgehead atoms. The molecule has 2 atom stereocenters. The van der Waals surface area contributed by atoms with Crippen LogP contribution in [0.1, 0.15) is 66.7 Å². The quantitative estimate of drug-likeness (QED) is 0.729. The minimum absolute atomic E-state index is 0.0201. The third-order valence-corrected chi connectivity index (χ3v) is 7.29. The predicted molar refractivity (Wildman–Crippen MR) is 112 cm³/mol. The fraction of sp³-hybridized carbons (Fsp3) is 0.545. The molecule has 3 aliphatic carbocycles. The molecule has 28 heavy (non-hydrogen) atoms. The Labute approximate surface area is 175 Å². The van der Waals surface area contributed by atoms with E-state index in [-0.39, 0.29) is 5.91 Å². The van der Waals surface area contributed by atoms with E-state index < -0.39 is 0 Å². The predicted octanol–water partition coefficient (Wildman–Crippen LogP) is 5.37. The minimum Gasteiger partial charge on any atom is -0.348 e. The van der Waals surface area contributed by atoms with Crippen molar-refractivity contribution in [1.82, 2.24) is 15.1 Å². The number of amides is 1. The highest BCUT2D eigenvalue weighted by atomic mass is 35.5. The molecule has 1 aromatic heterocycles. The second-order valence-electron chi connectivity index (χ2n) is 8.68. The second kappa shape index (κ2) is 7.38. The van der Waals surface area contributed by atoms with Crippen LogP contribution in [0.15, 0.2) is 18.2 Å². The van der Waals surface area contributed by atoms with Gasteiger partial charge in [0.2, 0.25) is 0 Å². The van der Waals surface area contributed by atoms with Crippen LogP contribution >= 0.6 is 23.2 Å². The Balaban J connectivity index is 1.46. The fourth-order valence-corrected chi connectivity index (χ4v) is 6.00. The van der Waals surface area contributed by atoms with Crippen molar-refractivity contribution in [3.8, 4) is 5.69 Å². The molecule has 3 aliphatic rings. The van der Waals surface area contributed by atoms with Gasteiger partial charge < -0.3 is 5.32 Å². The van der Waals surface area contributed by atoms with Gasteiger partial charge in [-0.2, -0.15) is 5.10 Å². The van der Waals surface area contributed by atoms with Crippen molar-refractivity contribution >= 4 is 29.1 Å². The van der Waals surface area contributed by atoms with Crippen molar-refractivity contribution in [2.45, 2.75) is 63.8 Å². The van der Waals surface area contributed by atoms with E-state index in [0.29, 0.717) is 21.8 Å². The molecule has 2 unspecified atom stereocenters. The van der Waals surface area contributed by atoms with Gasteiger partial charge in [0.25, 0.3) is 5.91 Å². The SMILES string of the molecule is O=C(NC1CC2CCC(C2)C1)c1nn(-c2ccc(Cl)cc2Cl)c2c1CCCC2. The summed E-state index contributed by atoms with van der Waals surface area (Å²) in [5.41, 5.74) is 3.58. The zero-order chi connectivity index (χ0) is 19.3. The number of hydrogen-bond donors (Lipinski definition) is 1. The molecule has 4 nitrogen and oxygen atoms in total. The lowest BCUT2D eigenvalue weighted by Gasteiger charge is -2.28. The molecule has 0 spiro atoms. The molecule has 0 radical (unpaired) electrons. The van der Waals surface area contributed by atoms with Crippen LogP contribution in [0.2, 0.25) is 10.0 Å². The van der Waals surface area contributed by atoms with Crippen molar-refractivity contribution < 1.29 is 4.79 Å². The highest BCUT2D eigenvalue weighted by molar-refractivity contribution is 6.35. The third-order valence-electron chi connectivity index (χ3n) is 6.75. The molecule has 1 aromatic carbocycles. The summed E-state index contributed by atoms with van der Waals surface area (Å²) in [6, 6.07) is 5.72. The average Bonchev–Trinajstić information content (AvgIpc) is 3.22. The van der Waals surface area contributed by atoms with E-state index in [1.54, 1.807) is 6.07 Å². The van der Waals surface area contributed by atoms with Crippen LogP contribution in [0.25, 0.3) is 5.69 Å². The van der Waals surface area contributed by atoms with Gasteiger partial charge in [0, 0.05) is 22.3 Å². The zero-order valence-corrected chi connectivity index (χ0v) is 17.4. The fourth-order valence-electron chi connectivity index (χ4n) is 5.51. The minimum atomic E-state index is -0.0201. The molecule has 2 saturated carbocycles. The monoisotopic (exact) mass is 417 g/mol. The van der Waals surface area contributed by atoms with Gasteiger partial charge >= 0.3 is 0 Å². The Hall–Kier alpha value is -1.52. The number of benzene rings is 1. The van der Waals surface area contributed by atoms with Gasteiger partial charge in [0.1, 0.15) is 0 Å². The van der Waals surface area contributed by atoms with E-state index in [1.165, 1.54) is 19.3 Å². The highest BCUT2D eigenvalue weighted by Crippen LogP contribution is 2.42. The average molecular weight is 418 g/mol. The van der Waals surface area contributed by atoms with Gasteiger partial charge in [-0.25, -0.2) is 4.68 Å². The molecular formula is C22H25Cl2N3O. The number of aromatic nitrogens is 2. The lowest BCUT2D eigenvalue weighted by Crippen LogP contribution is -2.39. The first kappa shape index (κ1) is 18.5. The maximum atomic E-state index is 13.2. The van der Waals surface area contributed by atoms with Crippen molar-refractivity contribution in [3.05, 3.63) is 45.2 Å². The molecule has 2 fully saturated rings. The Kier molecular flexibility index (Phi) is 4.88. The number of hydrogen-bond acceptors (Lipinski definition) is 2. The van der Waals surface area contributed by atoms with Crippen LogP contribution in [0.5, 0.6) is 0 Å². The van der Waals surface area contributed by atoms with Gasteiger partial charge in [0.15, 0.2) is 5.69 Å². The van der Waals surface area contributed by atoms with E-state index in [2.05, 4.69) is 5.32 Å². The number of fused-ring (bicyclic) bond motifs is 3. The third kappa shape index (κ3) is 3.35. The summed E-state index contributed by atoms with van der Waals surface area (Å²) in [6.07, 6.45) is 10.3. The van der Waals surface area contributed by atoms with Gasteiger partial charge in [-0.15, -0.1) is 0 Å². The maximum Gasteiger partial charge on any atom is 0.272 e. The topological polar surface area (TPSA) is 46.9 Å². The summed E-state index contributed by atoms with van der Waals surface area (Å²) in [5.74, 6) is 1.57. The molecule has 1 amide bonds. The lowest BCUT2D eigenvalue weighted by molar-refractivity contribution is 0.0911. The summed E-state index contributed by atoms with van der Waals surface area (Å²) >= 11 is 12.5. The maximum absolute atomic E-state index is 13.2. The molecule has 148 valence electrons. The summed E-state index contributed by atoms with van der Waals surface area (Å²) in [7, 11) is 0. The lowest BCUT2D eigenvalue weighted by atomic mass is 9.85. The van der Waals surface area contributed by atoms with Gasteiger partial charge in [-0.05, 0) is 75.0 Å². The number of nitrogens with zero attached hydrogens (tertiary/aromatic N) is 2. The van der Waals surface area contributed by atoms with Gasteiger partial charge in [-0.1, -0.05) is 36.0 Å². The molecule has 2 aromatic rings. The Bertz CT molecular complexity index is 911. The summed E-state index contributed by atoms with van der Waals surface area (Å²) in [5, 5.41) is 9.21. The zero-order valence-electron chi connectivity index (χ0n) is 15.9. The molecule has 0 saturated heterocycles. The van der Waals surface area contributed by atoms with Crippen LogP contribution in [-0.2, 0) is 12.8 Å². The van der Waals surface area contributed by atoms with Gasteiger partial charge in [-0.3, -0.25) is 4.79 Å². The smallest absolute Gasteiger partial charge is 0.272 e. The van der Waals surface area contributed by atoms with Crippen molar-refractivity contribution in [2.75, 3.05) is 0 Å². The van der Waals surface area contributed by atoms with E-state index >= 15 is 0 Å². The summed E-state index contributed by atoms with van der Waals surface area (Å²) in [4.78, 5) is 13.2. The van der Waals surface area contributed by atoms with Crippen LogP contribution in [-0.4, -0.2) is 21.7 Å². The molecule has 6 heteroatoms. The van der Waals surface area contributed by atoms with Crippen LogP contribution < -0.4 is 5.32 Å². The molecule has 1 heterocycles. The normalized spacial score (nSPS) is 26.1. The van der Waals surface area contributed by atoms with Crippen LogP contribution in [0, 0.1) is 11.8 Å². The largest absolute Gasteiger partial charge is 0.348 e. The number of halogens is 2. The number of carbonyl (C=O) groups is 1. The van der Waals surface area contributed by atoms with Crippen LogP contribution in [0.4, 0.5) is 0 Å². The molecule has 5 rings (SSSR count). The van der Waals surface area contributed by atoms with Crippen molar-refractivity contribution in [2.24, 2.45) is 11.8 Å². The number of carbonyl (C=O) groups excluding carboxylic acids is 1. The Morgan fingerprint density at radius 2 is 1.82 bits per heavy atom. The van der Waals surface area contributed by atoms with Gasteiger partial charge in [0.05, 0.1) is 10.7 Å². The summed E-state index contributed by atoms with van der Waals surface area (Å²) in [6.45, 7) is 0. The number of rotatable bonds is 3. The van der Waals surface area contributed by atoms with E-state index in [4.69, 9.17) is 28.3 Å². The van der Waals surface area contributed by atoms with E-state index in [0.717, 1.165) is 67.3 Å². The first-order valence-electron chi connectivity index (χ1n) is 10.5. The van der Waals surface area contributed by atoms with Crippen molar-refractivity contribution in [1.29, 1.82) is 0 Å².